The molecular weight excluding hydrogens is 1260 g/mol. The number of rotatable bonds is 22. The molecule has 17 heteroatoms. The molecule has 0 aliphatic rings. The third-order valence-corrected chi connectivity index (χ3v) is 15.0. The summed E-state index contributed by atoms with van der Waals surface area (Å²) in [7, 11) is 3.09. The van der Waals surface area contributed by atoms with Crippen LogP contribution in [0.5, 0.6) is 46.0 Å². The van der Waals surface area contributed by atoms with E-state index in [9.17, 15) is 5.11 Å². The quantitative estimate of drug-likeness (QED) is 0.0506. The zero-order valence-corrected chi connectivity index (χ0v) is 52.0. The summed E-state index contributed by atoms with van der Waals surface area (Å²) >= 11 is 23.0. The van der Waals surface area contributed by atoms with E-state index in [0.717, 1.165) is 94.9 Å². The molecule has 6 aromatic carbocycles. The number of phenols is 1. The van der Waals surface area contributed by atoms with Gasteiger partial charge in [0.05, 0.1) is 42.0 Å². The Hall–Kier alpha value is -6.98. The number of aromatic nitrogens is 2. The molecule has 8 rings (SSSR count). The molecule has 2 heterocycles. The fraction of sp³-hybridized carbons (Fsp3) is 0.250. The van der Waals surface area contributed by atoms with Crippen LogP contribution in [-0.2, 0) is 26.4 Å². The fourth-order valence-electron chi connectivity index (χ4n) is 8.22. The van der Waals surface area contributed by atoms with Gasteiger partial charge in [-0.25, -0.2) is 0 Å². The second-order valence-electron chi connectivity index (χ2n) is 18.1. The molecular formula is C64H61Br3Cl2N4O8. The fourth-order valence-corrected chi connectivity index (χ4v) is 10.2. The first-order chi connectivity index (χ1) is 39.3. The topological polar surface area (TPSA) is 158 Å². The van der Waals surface area contributed by atoms with Gasteiger partial charge in [-0.1, -0.05) is 132 Å². The molecule has 0 amide bonds. The molecule has 1 N–H and O–H groups in total. The van der Waals surface area contributed by atoms with E-state index in [1.165, 1.54) is 25.9 Å². The van der Waals surface area contributed by atoms with Crippen molar-refractivity contribution in [2.24, 2.45) is 0 Å². The predicted molar refractivity (Wildman–Crippen MR) is 332 cm³/mol. The highest BCUT2D eigenvalue weighted by Gasteiger charge is 2.18. The molecule has 12 nitrogen and oxygen atoms in total. The molecule has 0 saturated heterocycles. The Balaban J connectivity index is 0.000000242. The Morgan fingerprint density at radius 1 is 0.457 bits per heavy atom. The number of methoxy groups -OCH3 is 2. The molecule has 2 aromatic heterocycles. The first-order valence-corrected chi connectivity index (χ1v) is 29.7. The molecule has 0 spiro atoms. The van der Waals surface area contributed by atoms with Gasteiger partial charge in [-0.3, -0.25) is 9.97 Å². The minimum atomic E-state index is 0.199. The van der Waals surface area contributed by atoms with Crippen LogP contribution in [0.1, 0.15) is 68.5 Å². The number of halogens is 5. The molecule has 420 valence electrons. The van der Waals surface area contributed by atoms with E-state index in [2.05, 4.69) is 102 Å². The van der Waals surface area contributed by atoms with Gasteiger partial charge in [0.15, 0.2) is 23.0 Å². The van der Waals surface area contributed by atoms with Crippen molar-refractivity contribution in [2.75, 3.05) is 36.8 Å². The summed E-state index contributed by atoms with van der Waals surface area (Å²) in [4.78, 5) is 8.14. The lowest BCUT2D eigenvalue weighted by atomic mass is 9.93. The van der Waals surface area contributed by atoms with E-state index >= 15 is 0 Å². The lowest BCUT2D eigenvalue weighted by Gasteiger charge is -2.18. The Labute approximate surface area is 509 Å². The van der Waals surface area contributed by atoms with Gasteiger partial charge < -0.3 is 38.3 Å². The van der Waals surface area contributed by atoms with E-state index in [1.54, 1.807) is 62.0 Å². The molecule has 0 aliphatic heterocycles. The summed E-state index contributed by atoms with van der Waals surface area (Å²) in [6.07, 6.45) is 8.47. The number of phenolic OH excluding ortho intramolecular Hbond substituents is 1. The van der Waals surface area contributed by atoms with Gasteiger partial charge in [-0.05, 0) is 120 Å². The highest BCUT2D eigenvalue weighted by Crippen LogP contribution is 2.41. The predicted octanol–water partition coefficient (Wildman–Crippen LogP) is 17.1. The summed E-state index contributed by atoms with van der Waals surface area (Å²) in [5.74, 6) is 3.97. The zero-order valence-electron chi connectivity index (χ0n) is 45.8. The maximum Gasteiger partial charge on any atom is 0.165 e. The average Bonchev–Trinajstić information content (AvgIpc) is 3.55. The lowest BCUT2D eigenvalue weighted by molar-refractivity contribution is 0.274. The van der Waals surface area contributed by atoms with Crippen LogP contribution in [0.2, 0.25) is 10.0 Å². The Bertz CT molecular complexity index is 3480. The Morgan fingerprint density at radius 2 is 0.877 bits per heavy atom. The van der Waals surface area contributed by atoms with Gasteiger partial charge in [0.1, 0.15) is 61.6 Å². The number of alkyl halides is 3. The highest BCUT2D eigenvalue weighted by molar-refractivity contribution is 9.09. The molecule has 0 aliphatic carbocycles. The van der Waals surface area contributed by atoms with E-state index in [-0.39, 0.29) is 25.6 Å². The maximum atomic E-state index is 10.1. The van der Waals surface area contributed by atoms with Crippen LogP contribution in [-0.4, -0.2) is 51.9 Å². The summed E-state index contributed by atoms with van der Waals surface area (Å²) in [5, 5.41) is 32.3. The third-order valence-electron chi connectivity index (χ3n) is 12.7. The largest absolute Gasteiger partial charge is 0.508 e. The van der Waals surface area contributed by atoms with Crippen molar-refractivity contribution in [1.29, 1.82) is 10.5 Å². The number of benzene rings is 6. The number of hydrogen-bond donors (Lipinski definition) is 1. The summed E-state index contributed by atoms with van der Waals surface area (Å²) < 4.78 is 41.1. The van der Waals surface area contributed by atoms with Crippen LogP contribution >= 0.6 is 71.0 Å². The number of ether oxygens (including phenoxy) is 7. The second-order valence-corrected chi connectivity index (χ2v) is 21.3. The first-order valence-electron chi connectivity index (χ1n) is 25.6. The van der Waals surface area contributed by atoms with Crippen molar-refractivity contribution in [1.82, 2.24) is 9.97 Å². The van der Waals surface area contributed by atoms with Gasteiger partial charge in [-0.15, -0.1) is 0 Å². The summed E-state index contributed by atoms with van der Waals surface area (Å²) in [6.45, 7) is 9.80. The van der Waals surface area contributed by atoms with Crippen molar-refractivity contribution < 1.29 is 38.3 Å². The molecule has 0 radical (unpaired) electrons. The summed E-state index contributed by atoms with van der Waals surface area (Å²) in [6, 6.07) is 38.2. The SMILES string of the molecule is BrCCCBr.COc1cc(Cl)c(OCc2cccc(-c3cccc(O)c3C)c2C)cc1OCc1cncc(C#N)c1.COc1cc(Cl)c(OCc2cccc(-c3cccc(OCCCBr)c3C)c2C)cc1OCc1cncc(C#N)c1. The van der Waals surface area contributed by atoms with Gasteiger partial charge >= 0.3 is 0 Å². The molecule has 8 aromatic rings. The van der Waals surface area contributed by atoms with E-state index < -0.39 is 0 Å². The van der Waals surface area contributed by atoms with Crippen LogP contribution in [0.4, 0.5) is 0 Å². The lowest BCUT2D eigenvalue weighted by Crippen LogP contribution is -2.03. The number of hydrogen-bond acceptors (Lipinski definition) is 12. The van der Waals surface area contributed by atoms with Crippen LogP contribution in [0.3, 0.4) is 0 Å². The van der Waals surface area contributed by atoms with E-state index in [0.29, 0.717) is 68.9 Å². The minimum Gasteiger partial charge on any atom is -0.508 e. The molecule has 81 heavy (non-hydrogen) atoms. The van der Waals surface area contributed by atoms with Crippen molar-refractivity contribution in [3.05, 3.63) is 200 Å². The Kier molecular flexibility index (Phi) is 25.3. The normalized spacial score (nSPS) is 10.4. The van der Waals surface area contributed by atoms with E-state index in [4.69, 9.17) is 66.9 Å². The first kappa shape index (κ1) is 63.2. The van der Waals surface area contributed by atoms with Crippen molar-refractivity contribution >= 4 is 71.0 Å². The monoisotopic (exact) mass is 1320 g/mol. The highest BCUT2D eigenvalue weighted by atomic mass is 79.9. The van der Waals surface area contributed by atoms with Gasteiger partial charge in [0.2, 0.25) is 0 Å². The van der Waals surface area contributed by atoms with Crippen LogP contribution in [0.15, 0.2) is 134 Å². The van der Waals surface area contributed by atoms with Gasteiger partial charge in [0.25, 0.3) is 0 Å². The van der Waals surface area contributed by atoms with Crippen molar-refractivity contribution in [3.8, 4) is 80.4 Å². The minimum absolute atomic E-state index is 0.199. The molecule has 0 saturated carbocycles. The summed E-state index contributed by atoms with van der Waals surface area (Å²) in [5.41, 5.74) is 12.8. The van der Waals surface area contributed by atoms with Crippen molar-refractivity contribution in [3.63, 3.8) is 0 Å². The smallest absolute Gasteiger partial charge is 0.165 e. The molecule has 0 bridgehead atoms. The van der Waals surface area contributed by atoms with Crippen LogP contribution in [0.25, 0.3) is 22.3 Å². The standard InChI is InChI=1S/C32H30BrClN2O4.C29H25ClN2O4.C3H6Br2/c1-21-25(7-4-8-26(21)27-9-5-10-29(22(27)2)38-12-6-11-33)20-40-30-15-32(31(37-3)14-28(30)34)39-19-24-13-23(16-35)17-36-18-24;1-18-22(6-4-7-23(18)24-8-5-9-26(33)19(24)2)17-36-27-12-29(28(34-3)11-25(27)30)35-16-21-10-20(13-31)14-32-15-21;4-2-1-3-5/h4-5,7-10,13-15,17-18H,6,11-12,19-20H2,1-3H3;4-12,14-15,33H,16-17H2,1-3H3;1-3H2. The molecule has 0 unspecified atom stereocenters. The Morgan fingerprint density at radius 3 is 1.31 bits per heavy atom. The van der Waals surface area contributed by atoms with Gasteiger partial charge in [-0.2, -0.15) is 10.5 Å². The number of aromatic hydroxyl groups is 1. The van der Waals surface area contributed by atoms with Crippen LogP contribution < -0.4 is 33.2 Å². The second kappa shape index (κ2) is 32.5. The number of nitrogens with zero attached hydrogens (tertiary/aromatic N) is 4. The maximum absolute atomic E-state index is 10.1. The zero-order chi connectivity index (χ0) is 58.3. The molecule has 0 atom stereocenters. The average molecular weight is 1320 g/mol. The van der Waals surface area contributed by atoms with Gasteiger partial charge in [0, 0.05) is 76.2 Å². The van der Waals surface area contributed by atoms with E-state index in [1.807, 2.05) is 62.4 Å². The van der Waals surface area contributed by atoms with Crippen molar-refractivity contribution in [2.45, 2.75) is 67.0 Å². The third kappa shape index (κ3) is 17.8. The number of nitriles is 2. The van der Waals surface area contributed by atoms with Crippen LogP contribution in [0, 0.1) is 50.4 Å². The molecule has 0 fully saturated rings. The number of pyridine rings is 2.